The molecule has 14 heteroatoms. The molecule has 6 atom stereocenters. The number of amides is 4. The number of fused-ring (bicyclic) bond motifs is 4. The summed E-state index contributed by atoms with van der Waals surface area (Å²) in [6.07, 6.45) is 1.49. The van der Waals surface area contributed by atoms with Crippen molar-refractivity contribution in [2.75, 3.05) is 16.9 Å². The Balaban J connectivity index is 1.40. The fourth-order valence-electron chi connectivity index (χ4n) is 7.71. The highest BCUT2D eigenvalue weighted by atomic mass is 35.5. The Morgan fingerprint density at radius 3 is 2.30 bits per heavy atom. The zero-order valence-corrected chi connectivity index (χ0v) is 26.2. The monoisotopic (exact) mass is 678 g/mol. The first-order chi connectivity index (χ1) is 22.3. The van der Waals surface area contributed by atoms with E-state index in [-0.39, 0.29) is 41.0 Å². The van der Waals surface area contributed by atoms with E-state index in [1.54, 1.807) is 6.08 Å². The number of hydrogen-bond acceptors (Lipinski definition) is 8. The predicted octanol–water partition coefficient (Wildman–Crippen LogP) is 2.99. The number of ether oxygens (including phenoxy) is 1. The van der Waals surface area contributed by atoms with Crippen molar-refractivity contribution in [1.82, 2.24) is 0 Å². The van der Waals surface area contributed by atoms with Crippen LogP contribution in [0.4, 0.5) is 15.8 Å². The number of benzene rings is 3. The Kier molecular flexibility index (Phi) is 7.29. The summed E-state index contributed by atoms with van der Waals surface area (Å²) in [5, 5.41) is 30.6. The molecule has 2 aliphatic heterocycles. The lowest BCUT2D eigenvalue weighted by Crippen LogP contribution is -2.60. The maximum atomic E-state index is 14.4. The number of allylic oxidation sites excluding steroid dienone is 2. The summed E-state index contributed by atoms with van der Waals surface area (Å²) in [4.78, 5) is 54.2. The number of hydrogen-bond donors (Lipinski definition) is 3. The van der Waals surface area contributed by atoms with Crippen molar-refractivity contribution in [2.24, 2.45) is 17.8 Å². The minimum Gasteiger partial charge on any atom is -0.508 e. The minimum atomic E-state index is -2.23. The predicted molar refractivity (Wildman–Crippen MR) is 170 cm³/mol. The molecule has 4 amide bonds. The third-order valence-corrected chi connectivity index (χ3v) is 11.3. The molecule has 6 unspecified atom stereocenters. The number of phenolic OH excluding ortho intramolecular Hbond substituents is 1. The number of carbonyl (C=O) groups is 4. The van der Waals surface area contributed by atoms with Crippen molar-refractivity contribution in [1.29, 1.82) is 0 Å². The highest BCUT2D eigenvalue weighted by molar-refractivity contribution is 6.59. The normalized spacial score (nSPS) is 29.8. The van der Waals surface area contributed by atoms with E-state index >= 15 is 0 Å². The summed E-state index contributed by atoms with van der Waals surface area (Å²) in [6, 6.07) is 14.7. The smallest absolute Gasteiger partial charge is 0.488 e. The second-order valence-electron chi connectivity index (χ2n) is 12.2. The number of carbonyl (C=O) groups excluding carboxylic acids is 4. The maximum Gasteiger partial charge on any atom is 0.488 e. The van der Waals surface area contributed by atoms with Crippen molar-refractivity contribution >= 4 is 70.8 Å². The lowest BCUT2D eigenvalue weighted by molar-refractivity contribution is -0.125. The number of methoxy groups -OCH3 is 1. The van der Waals surface area contributed by atoms with Crippen LogP contribution in [0, 0.1) is 23.6 Å². The van der Waals surface area contributed by atoms with Crippen LogP contribution in [-0.2, 0) is 19.2 Å². The highest BCUT2D eigenvalue weighted by Crippen LogP contribution is 2.66. The quantitative estimate of drug-likeness (QED) is 0.162. The van der Waals surface area contributed by atoms with Gasteiger partial charge in [0, 0.05) is 11.5 Å². The molecule has 3 N–H and O–H groups in total. The average Bonchev–Trinajstić information content (AvgIpc) is 3.39. The topological polar surface area (TPSA) is 145 Å². The largest absolute Gasteiger partial charge is 0.508 e. The van der Waals surface area contributed by atoms with Gasteiger partial charge in [0.05, 0.1) is 30.3 Å². The number of halogens is 3. The first kappa shape index (κ1) is 31.4. The van der Waals surface area contributed by atoms with Crippen molar-refractivity contribution in [3.8, 4) is 11.5 Å². The molecular formula is C33H26BCl2FN2O8. The van der Waals surface area contributed by atoms with Gasteiger partial charge in [-0.05, 0) is 78.8 Å². The molecule has 0 spiro atoms. The van der Waals surface area contributed by atoms with E-state index in [0.717, 1.165) is 21.9 Å². The van der Waals surface area contributed by atoms with Crippen molar-refractivity contribution in [3.63, 3.8) is 0 Å². The summed E-state index contributed by atoms with van der Waals surface area (Å²) >= 11 is 14.7. The standard InChI is InChI=1S/C33H26BCl2FN2O8/c1-47-20-9-12-25(40)23(14-20)27-21-10-11-22-26(29(42)38(28(22)41)19-4-2-3-16(13-19)34(45)46)24(21)15-32(35)30(43)39(31(44)33(27,32)36)18-7-5-17(37)6-8-18/h2-10,12-14,22,24,26-27,40,45-46H,11,15H2,1H3. The van der Waals surface area contributed by atoms with E-state index in [9.17, 15) is 38.7 Å². The molecule has 0 aromatic heterocycles. The lowest BCUT2D eigenvalue weighted by Gasteiger charge is -2.50. The van der Waals surface area contributed by atoms with E-state index < -0.39 is 70.0 Å². The molecule has 1 saturated carbocycles. The van der Waals surface area contributed by atoms with Gasteiger partial charge in [-0.3, -0.25) is 24.1 Å². The molecule has 3 aromatic rings. The summed E-state index contributed by atoms with van der Waals surface area (Å²) in [5.74, 6) is -7.48. The summed E-state index contributed by atoms with van der Waals surface area (Å²) in [7, 11) is -0.425. The molecule has 3 fully saturated rings. The fraction of sp³-hybridized carbons (Fsp3) is 0.273. The van der Waals surface area contributed by atoms with Crippen molar-refractivity contribution < 1.29 is 43.5 Å². The molecule has 7 rings (SSSR count). The van der Waals surface area contributed by atoms with E-state index in [1.807, 2.05) is 0 Å². The van der Waals surface area contributed by atoms with Gasteiger partial charge in [-0.2, -0.15) is 0 Å². The van der Waals surface area contributed by atoms with Gasteiger partial charge in [0.15, 0.2) is 9.75 Å². The van der Waals surface area contributed by atoms with Crippen LogP contribution >= 0.6 is 23.2 Å². The molecule has 2 heterocycles. The number of rotatable bonds is 5. The Labute approximate surface area is 278 Å². The number of imide groups is 2. The fourth-order valence-corrected chi connectivity index (χ4v) is 8.64. The third kappa shape index (κ3) is 4.31. The molecule has 2 aliphatic carbocycles. The van der Waals surface area contributed by atoms with Crippen LogP contribution in [0.25, 0.3) is 0 Å². The van der Waals surface area contributed by atoms with Crippen LogP contribution in [0.1, 0.15) is 24.3 Å². The maximum absolute atomic E-state index is 14.4. The number of phenols is 1. The minimum absolute atomic E-state index is 0.0311. The zero-order chi connectivity index (χ0) is 33.6. The molecule has 10 nitrogen and oxygen atoms in total. The van der Waals surface area contributed by atoms with Crippen molar-refractivity contribution in [3.05, 3.63) is 89.8 Å². The second-order valence-corrected chi connectivity index (χ2v) is 13.4. The van der Waals surface area contributed by atoms with Gasteiger partial charge in [-0.1, -0.05) is 23.8 Å². The van der Waals surface area contributed by atoms with Crippen LogP contribution in [0.2, 0.25) is 0 Å². The number of anilines is 2. The van der Waals surface area contributed by atoms with Crippen LogP contribution in [-0.4, -0.2) is 62.8 Å². The Hall–Kier alpha value is -4.23. The van der Waals surface area contributed by atoms with Gasteiger partial charge in [-0.25, -0.2) is 9.29 Å². The van der Waals surface area contributed by atoms with Gasteiger partial charge in [0.2, 0.25) is 11.8 Å². The Bertz CT molecular complexity index is 1910. The average molecular weight is 679 g/mol. The van der Waals surface area contributed by atoms with Gasteiger partial charge in [0.1, 0.15) is 17.3 Å². The Morgan fingerprint density at radius 1 is 0.894 bits per heavy atom. The van der Waals surface area contributed by atoms with Gasteiger partial charge in [0.25, 0.3) is 11.8 Å². The third-order valence-electron chi connectivity index (χ3n) is 9.87. The van der Waals surface area contributed by atoms with Gasteiger partial charge in [-0.15, -0.1) is 23.2 Å². The Morgan fingerprint density at radius 2 is 1.62 bits per heavy atom. The molecule has 4 aliphatic rings. The molecule has 3 aromatic carbocycles. The zero-order valence-electron chi connectivity index (χ0n) is 24.6. The van der Waals surface area contributed by atoms with E-state index in [4.69, 9.17) is 27.9 Å². The first-order valence-electron chi connectivity index (χ1n) is 14.8. The van der Waals surface area contributed by atoms with E-state index in [0.29, 0.717) is 11.3 Å². The molecule has 0 radical (unpaired) electrons. The van der Waals surface area contributed by atoms with Crippen LogP contribution in [0.3, 0.4) is 0 Å². The van der Waals surface area contributed by atoms with Crippen LogP contribution < -0.4 is 20.0 Å². The SMILES string of the molecule is COc1ccc(O)c(C2C3=CCC4C(=O)N(c5cccc(B(O)O)c5)C(=O)C4C3CC3(Cl)C(=O)N(c4ccc(F)cc4)C(=O)C23Cl)c1. The number of aromatic hydroxyl groups is 1. The number of alkyl halides is 2. The summed E-state index contributed by atoms with van der Waals surface area (Å²) in [5.41, 5.74) is 0.820. The van der Waals surface area contributed by atoms with E-state index in [1.165, 1.54) is 61.7 Å². The first-order valence-corrected chi connectivity index (χ1v) is 15.5. The van der Waals surface area contributed by atoms with Gasteiger partial charge >= 0.3 is 7.12 Å². The van der Waals surface area contributed by atoms with Crippen molar-refractivity contribution in [2.45, 2.75) is 28.5 Å². The molecular weight excluding hydrogens is 653 g/mol. The molecule has 2 saturated heterocycles. The van der Waals surface area contributed by atoms with Gasteiger partial charge < -0.3 is 19.9 Å². The second kappa shape index (κ2) is 10.9. The van der Waals surface area contributed by atoms with E-state index in [2.05, 4.69) is 0 Å². The van der Waals surface area contributed by atoms with Crippen LogP contribution in [0.5, 0.6) is 11.5 Å². The summed E-state index contributed by atoms with van der Waals surface area (Å²) < 4.78 is 19.2. The highest BCUT2D eigenvalue weighted by Gasteiger charge is 2.77. The van der Waals surface area contributed by atoms with Crippen LogP contribution in [0.15, 0.2) is 78.4 Å². The molecule has 0 bridgehead atoms. The number of nitrogens with zero attached hydrogens (tertiary/aromatic N) is 2. The summed E-state index contributed by atoms with van der Waals surface area (Å²) in [6.45, 7) is 0. The molecule has 47 heavy (non-hydrogen) atoms. The molecule has 240 valence electrons. The lowest BCUT2D eigenvalue weighted by atomic mass is 9.56.